The molecule has 0 unspecified atom stereocenters. The van der Waals surface area contributed by atoms with Crippen molar-refractivity contribution in [1.82, 2.24) is 5.32 Å². The quantitative estimate of drug-likeness (QED) is 0.874. The lowest BCUT2D eigenvalue weighted by Crippen LogP contribution is -2.37. The van der Waals surface area contributed by atoms with E-state index in [0.29, 0.717) is 24.6 Å². The molecule has 3 rings (SSSR count). The molecule has 2 N–H and O–H groups in total. The standard InChI is InChI=1S/C18H27NO2/c1-21-18-10-4-6-14-15(18)7-3-9-17(14)19-16-8-2-5-13(16)11-12-20/h4,6,10,13,16-17,19-20H,2-3,5,7-9,11-12H2,1H3/t13-,16+,17+/m1/s1. The minimum absolute atomic E-state index is 0.317. The van der Waals surface area contributed by atoms with Crippen molar-refractivity contribution in [2.45, 2.75) is 57.0 Å². The van der Waals surface area contributed by atoms with E-state index in [0.717, 1.165) is 18.6 Å². The van der Waals surface area contributed by atoms with Gasteiger partial charge in [0.05, 0.1) is 7.11 Å². The first-order chi connectivity index (χ1) is 10.3. The van der Waals surface area contributed by atoms with Crippen LogP contribution in [0.15, 0.2) is 18.2 Å². The highest BCUT2D eigenvalue weighted by atomic mass is 16.5. The number of aliphatic hydroxyl groups excluding tert-OH is 1. The second kappa shape index (κ2) is 6.80. The van der Waals surface area contributed by atoms with Crippen molar-refractivity contribution in [3.63, 3.8) is 0 Å². The third kappa shape index (κ3) is 3.09. The number of hydrogen-bond acceptors (Lipinski definition) is 3. The fraction of sp³-hybridized carbons (Fsp3) is 0.667. The fourth-order valence-electron chi connectivity index (χ4n) is 4.21. The summed E-state index contributed by atoms with van der Waals surface area (Å²) in [6, 6.07) is 7.46. The zero-order chi connectivity index (χ0) is 14.7. The Bertz CT molecular complexity index is 474. The molecule has 0 aromatic heterocycles. The summed E-state index contributed by atoms with van der Waals surface area (Å²) in [5.74, 6) is 1.68. The summed E-state index contributed by atoms with van der Waals surface area (Å²) in [6.07, 6.45) is 8.30. The first-order valence-corrected chi connectivity index (χ1v) is 8.36. The molecule has 116 valence electrons. The van der Waals surface area contributed by atoms with Crippen LogP contribution in [-0.4, -0.2) is 24.9 Å². The molecule has 0 radical (unpaired) electrons. The molecule has 0 bridgehead atoms. The summed E-state index contributed by atoms with van der Waals surface area (Å²) in [4.78, 5) is 0. The van der Waals surface area contributed by atoms with Crippen molar-refractivity contribution >= 4 is 0 Å². The summed E-state index contributed by atoms with van der Waals surface area (Å²) >= 11 is 0. The van der Waals surface area contributed by atoms with E-state index in [2.05, 4.69) is 23.5 Å². The summed E-state index contributed by atoms with van der Waals surface area (Å²) in [5.41, 5.74) is 2.82. The highest BCUT2D eigenvalue weighted by Gasteiger charge is 2.31. The van der Waals surface area contributed by atoms with Crippen LogP contribution in [0, 0.1) is 5.92 Å². The van der Waals surface area contributed by atoms with Gasteiger partial charge in [0.1, 0.15) is 5.75 Å². The molecule has 0 saturated heterocycles. The fourth-order valence-corrected chi connectivity index (χ4v) is 4.21. The van der Waals surface area contributed by atoms with E-state index in [1.54, 1.807) is 7.11 Å². The van der Waals surface area contributed by atoms with Gasteiger partial charge in [-0.25, -0.2) is 0 Å². The Hall–Kier alpha value is -1.06. The topological polar surface area (TPSA) is 41.5 Å². The van der Waals surface area contributed by atoms with Crippen LogP contribution >= 0.6 is 0 Å². The normalized spacial score (nSPS) is 28.4. The van der Waals surface area contributed by atoms with Gasteiger partial charge in [0.15, 0.2) is 0 Å². The molecule has 2 aliphatic rings. The molecule has 1 aromatic carbocycles. The van der Waals surface area contributed by atoms with Crippen LogP contribution in [0.25, 0.3) is 0 Å². The van der Waals surface area contributed by atoms with Crippen LogP contribution in [0.3, 0.4) is 0 Å². The molecule has 3 nitrogen and oxygen atoms in total. The van der Waals surface area contributed by atoms with E-state index in [1.807, 2.05) is 0 Å². The van der Waals surface area contributed by atoms with E-state index in [-0.39, 0.29) is 0 Å². The molecule has 3 atom stereocenters. The third-order valence-corrected chi connectivity index (χ3v) is 5.26. The monoisotopic (exact) mass is 289 g/mol. The maximum Gasteiger partial charge on any atom is 0.122 e. The molecule has 1 saturated carbocycles. The van der Waals surface area contributed by atoms with Gasteiger partial charge in [0.2, 0.25) is 0 Å². The molecular weight excluding hydrogens is 262 g/mol. The van der Waals surface area contributed by atoms with Crippen molar-refractivity contribution < 1.29 is 9.84 Å². The van der Waals surface area contributed by atoms with E-state index in [1.165, 1.54) is 43.2 Å². The van der Waals surface area contributed by atoms with E-state index < -0.39 is 0 Å². The lowest BCUT2D eigenvalue weighted by molar-refractivity contribution is 0.233. The Labute approximate surface area is 127 Å². The van der Waals surface area contributed by atoms with Crippen molar-refractivity contribution in [2.24, 2.45) is 5.92 Å². The SMILES string of the molecule is COc1cccc2c1CCC[C@@H]2N[C@H]1CCC[C@@H]1CCO. The van der Waals surface area contributed by atoms with Crippen molar-refractivity contribution in [3.8, 4) is 5.75 Å². The predicted molar refractivity (Wildman–Crippen MR) is 84.6 cm³/mol. The number of aliphatic hydroxyl groups is 1. The van der Waals surface area contributed by atoms with Gasteiger partial charge in [0.25, 0.3) is 0 Å². The van der Waals surface area contributed by atoms with Crippen molar-refractivity contribution in [3.05, 3.63) is 29.3 Å². The van der Waals surface area contributed by atoms with E-state index >= 15 is 0 Å². The van der Waals surface area contributed by atoms with Gasteiger partial charge < -0.3 is 15.2 Å². The summed E-state index contributed by atoms with van der Waals surface area (Å²) in [6.45, 7) is 0.317. The maximum absolute atomic E-state index is 9.23. The van der Waals surface area contributed by atoms with Gasteiger partial charge in [-0.1, -0.05) is 18.6 Å². The van der Waals surface area contributed by atoms with Crippen LogP contribution in [0.2, 0.25) is 0 Å². The van der Waals surface area contributed by atoms with Crippen LogP contribution in [0.1, 0.15) is 55.7 Å². The number of ether oxygens (including phenoxy) is 1. The van der Waals surface area contributed by atoms with Crippen LogP contribution in [0.4, 0.5) is 0 Å². The van der Waals surface area contributed by atoms with Gasteiger partial charge >= 0.3 is 0 Å². The highest BCUT2D eigenvalue weighted by Crippen LogP contribution is 2.37. The number of hydrogen-bond donors (Lipinski definition) is 2. The lowest BCUT2D eigenvalue weighted by Gasteiger charge is -2.32. The molecule has 0 spiro atoms. The van der Waals surface area contributed by atoms with Gasteiger partial charge in [0, 0.05) is 18.7 Å². The number of fused-ring (bicyclic) bond motifs is 1. The van der Waals surface area contributed by atoms with Crippen LogP contribution < -0.4 is 10.1 Å². The zero-order valence-electron chi connectivity index (χ0n) is 13.0. The first-order valence-electron chi connectivity index (χ1n) is 8.36. The van der Waals surface area contributed by atoms with Crippen molar-refractivity contribution in [2.75, 3.05) is 13.7 Å². The Morgan fingerprint density at radius 3 is 2.95 bits per heavy atom. The second-order valence-electron chi connectivity index (χ2n) is 6.45. The molecule has 2 aliphatic carbocycles. The molecule has 3 heteroatoms. The van der Waals surface area contributed by atoms with E-state index in [4.69, 9.17) is 4.74 Å². The molecule has 0 aliphatic heterocycles. The van der Waals surface area contributed by atoms with Crippen LogP contribution in [0.5, 0.6) is 5.75 Å². The molecule has 1 aromatic rings. The summed E-state index contributed by atoms with van der Waals surface area (Å²) in [7, 11) is 1.76. The number of rotatable bonds is 5. The maximum atomic E-state index is 9.23. The van der Waals surface area contributed by atoms with Gasteiger partial charge in [-0.05, 0) is 61.6 Å². The minimum Gasteiger partial charge on any atom is -0.496 e. The number of methoxy groups -OCH3 is 1. The van der Waals surface area contributed by atoms with Crippen molar-refractivity contribution in [1.29, 1.82) is 0 Å². The second-order valence-corrected chi connectivity index (χ2v) is 6.45. The van der Waals surface area contributed by atoms with Gasteiger partial charge in [-0.15, -0.1) is 0 Å². The summed E-state index contributed by atoms with van der Waals surface area (Å²) in [5, 5.41) is 13.1. The zero-order valence-corrected chi connectivity index (χ0v) is 13.0. The highest BCUT2D eigenvalue weighted by molar-refractivity contribution is 5.43. The molecule has 0 amide bonds. The minimum atomic E-state index is 0.317. The molecule has 1 fully saturated rings. The smallest absolute Gasteiger partial charge is 0.122 e. The number of benzene rings is 1. The largest absolute Gasteiger partial charge is 0.496 e. The Morgan fingerprint density at radius 1 is 1.24 bits per heavy atom. The average molecular weight is 289 g/mol. The third-order valence-electron chi connectivity index (χ3n) is 5.26. The first kappa shape index (κ1) is 14.9. The van der Waals surface area contributed by atoms with Crippen LogP contribution in [-0.2, 0) is 6.42 Å². The van der Waals surface area contributed by atoms with Gasteiger partial charge in [-0.2, -0.15) is 0 Å². The van der Waals surface area contributed by atoms with E-state index in [9.17, 15) is 5.11 Å². The Morgan fingerprint density at radius 2 is 2.14 bits per heavy atom. The Balaban J connectivity index is 1.76. The number of nitrogens with one attached hydrogen (secondary N) is 1. The van der Waals surface area contributed by atoms with Gasteiger partial charge in [-0.3, -0.25) is 0 Å². The predicted octanol–water partition coefficient (Wildman–Crippen LogP) is 3.21. The molecular formula is C18H27NO2. The average Bonchev–Trinajstić information content (AvgIpc) is 2.94. The molecule has 0 heterocycles. The Kier molecular flexibility index (Phi) is 4.81. The molecule has 21 heavy (non-hydrogen) atoms. The lowest BCUT2D eigenvalue weighted by atomic mass is 9.86. The summed E-state index contributed by atoms with van der Waals surface area (Å²) < 4.78 is 5.53.